The Hall–Kier alpha value is 0.620. The molecule has 0 bridgehead atoms. The van der Waals surface area contributed by atoms with Crippen molar-refractivity contribution >= 4 is 23.5 Å². The monoisotopic (exact) mass is 352 g/mol. The Bertz CT molecular complexity index is 165. The molecule has 0 spiro atoms. The average Bonchev–Trinajstić information content (AvgIpc) is 2.37. The molecule has 0 saturated heterocycles. The molecule has 22 heavy (non-hydrogen) atoms. The van der Waals surface area contributed by atoms with Crippen molar-refractivity contribution in [1.82, 2.24) is 0 Å². The Morgan fingerprint density at radius 3 is 1.86 bits per heavy atom. The van der Waals surface area contributed by atoms with Crippen molar-refractivity contribution in [2.24, 2.45) is 11.8 Å². The van der Waals surface area contributed by atoms with Crippen LogP contribution < -0.4 is 0 Å². The minimum atomic E-state index is 0.384. The zero-order valence-electron chi connectivity index (χ0n) is 16.2. The first-order chi connectivity index (χ1) is 10.3. The second kappa shape index (κ2) is 18.0. The summed E-state index contributed by atoms with van der Waals surface area (Å²) in [6.45, 7) is 20.1. The zero-order valence-corrected chi connectivity index (χ0v) is 17.8. The van der Waals surface area contributed by atoms with Crippen LogP contribution in [0.1, 0.15) is 55.4 Å². The van der Waals surface area contributed by atoms with E-state index in [1.165, 1.54) is 5.75 Å². The van der Waals surface area contributed by atoms with E-state index in [2.05, 4.69) is 55.4 Å². The predicted octanol–water partition coefficient (Wildman–Crippen LogP) is 5.60. The topological polar surface area (TPSA) is 18.5 Å². The first-order valence-corrected chi connectivity index (χ1v) is 10.8. The summed E-state index contributed by atoms with van der Waals surface area (Å²) in [6, 6.07) is 0. The molecule has 0 aliphatic rings. The van der Waals surface area contributed by atoms with Crippen LogP contribution in [0.25, 0.3) is 0 Å². The molecule has 0 aromatic carbocycles. The molecule has 136 valence electrons. The lowest BCUT2D eigenvalue weighted by Crippen LogP contribution is -2.06. The molecule has 0 saturated carbocycles. The molecule has 4 heteroatoms. The maximum Gasteiger partial charge on any atom is 0.0560 e. The Kier molecular flexibility index (Phi) is 20.3. The van der Waals surface area contributed by atoms with Gasteiger partial charge in [0, 0.05) is 18.1 Å². The zero-order chi connectivity index (χ0) is 17.4. The maximum absolute atomic E-state index is 5.42. The van der Waals surface area contributed by atoms with E-state index in [1.807, 2.05) is 23.5 Å². The van der Waals surface area contributed by atoms with Crippen LogP contribution in [0.15, 0.2) is 0 Å². The summed E-state index contributed by atoms with van der Waals surface area (Å²) < 4.78 is 10.8. The van der Waals surface area contributed by atoms with Gasteiger partial charge in [-0.15, -0.1) is 0 Å². The molecule has 0 aliphatic carbocycles. The van der Waals surface area contributed by atoms with Gasteiger partial charge in [-0.2, -0.15) is 23.5 Å². The van der Waals surface area contributed by atoms with E-state index in [4.69, 9.17) is 9.47 Å². The summed E-state index contributed by atoms with van der Waals surface area (Å²) in [6.07, 6.45) is 0.384. The third kappa shape index (κ3) is 28.7. The second-order valence-corrected chi connectivity index (χ2v) is 9.61. The lowest BCUT2D eigenvalue weighted by Gasteiger charge is -2.07. The van der Waals surface area contributed by atoms with Gasteiger partial charge in [-0.05, 0) is 36.7 Å². The van der Waals surface area contributed by atoms with Gasteiger partial charge in [0.25, 0.3) is 0 Å². The summed E-state index contributed by atoms with van der Waals surface area (Å²) in [5.41, 5.74) is 0. The van der Waals surface area contributed by atoms with Crippen LogP contribution in [0.4, 0.5) is 0 Å². The highest BCUT2D eigenvalue weighted by Gasteiger charge is 1.96. The highest BCUT2D eigenvalue weighted by atomic mass is 32.2. The Balaban J connectivity index is 0. The van der Waals surface area contributed by atoms with E-state index < -0.39 is 0 Å². The van der Waals surface area contributed by atoms with Crippen molar-refractivity contribution in [2.45, 2.75) is 66.7 Å². The van der Waals surface area contributed by atoms with Crippen LogP contribution in [0.5, 0.6) is 0 Å². The van der Waals surface area contributed by atoms with Crippen molar-refractivity contribution < 1.29 is 9.47 Å². The third-order valence-electron chi connectivity index (χ3n) is 2.26. The number of rotatable bonds is 12. The fraction of sp³-hybridized carbons (Fsp3) is 1.00. The maximum atomic E-state index is 5.42. The molecule has 0 aliphatic heterocycles. The van der Waals surface area contributed by atoms with Gasteiger partial charge in [-0.25, -0.2) is 0 Å². The van der Waals surface area contributed by atoms with E-state index >= 15 is 0 Å². The normalized spacial score (nSPS) is 11.5. The summed E-state index contributed by atoms with van der Waals surface area (Å²) in [5, 5.41) is 0.734. The number of thioether (sulfide) groups is 2. The molecule has 0 atom stereocenters. The number of hydrogen-bond acceptors (Lipinski definition) is 4. The Labute approximate surface area is 148 Å². The molecule has 0 aromatic rings. The van der Waals surface area contributed by atoms with Crippen molar-refractivity contribution in [2.75, 3.05) is 37.1 Å². The third-order valence-corrected chi connectivity index (χ3v) is 4.69. The van der Waals surface area contributed by atoms with E-state index in [-0.39, 0.29) is 0 Å². The molecule has 2 nitrogen and oxygen atoms in total. The van der Waals surface area contributed by atoms with E-state index in [0.29, 0.717) is 12.0 Å². The first-order valence-electron chi connectivity index (χ1n) is 8.64. The number of hydrogen-bond donors (Lipinski definition) is 0. The van der Waals surface area contributed by atoms with E-state index in [0.717, 1.165) is 42.5 Å². The molecular weight excluding hydrogens is 312 g/mol. The van der Waals surface area contributed by atoms with Crippen molar-refractivity contribution in [3.8, 4) is 0 Å². The molecule has 0 amide bonds. The minimum Gasteiger partial charge on any atom is -0.380 e. The highest BCUT2D eigenvalue weighted by Crippen LogP contribution is 2.08. The Morgan fingerprint density at radius 2 is 1.41 bits per heavy atom. The molecule has 0 radical (unpaired) electrons. The summed E-state index contributed by atoms with van der Waals surface area (Å²) in [4.78, 5) is 0. The minimum absolute atomic E-state index is 0.384. The molecule has 0 heterocycles. The van der Waals surface area contributed by atoms with Crippen LogP contribution in [-0.2, 0) is 9.47 Å². The summed E-state index contributed by atoms with van der Waals surface area (Å²) >= 11 is 3.94. The van der Waals surface area contributed by atoms with Gasteiger partial charge in [0.1, 0.15) is 0 Å². The van der Waals surface area contributed by atoms with Crippen molar-refractivity contribution in [3.63, 3.8) is 0 Å². The van der Waals surface area contributed by atoms with Crippen LogP contribution in [-0.4, -0.2) is 48.4 Å². The Morgan fingerprint density at radius 1 is 0.773 bits per heavy atom. The van der Waals surface area contributed by atoms with Gasteiger partial charge in [0.2, 0.25) is 0 Å². The van der Waals surface area contributed by atoms with Gasteiger partial charge < -0.3 is 9.47 Å². The van der Waals surface area contributed by atoms with Crippen molar-refractivity contribution in [3.05, 3.63) is 0 Å². The van der Waals surface area contributed by atoms with Crippen molar-refractivity contribution in [1.29, 1.82) is 0 Å². The van der Waals surface area contributed by atoms with Gasteiger partial charge >= 0.3 is 0 Å². The quantitative estimate of drug-likeness (QED) is 0.425. The molecule has 0 unspecified atom stereocenters. The average molecular weight is 353 g/mol. The lowest BCUT2D eigenvalue weighted by atomic mass is 10.2. The van der Waals surface area contributed by atoms with Crippen LogP contribution in [0.2, 0.25) is 0 Å². The fourth-order valence-electron chi connectivity index (χ4n) is 1.32. The van der Waals surface area contributed by atoms with E-state index in [9.17, 15) is 0 Å². The predicted molar refractivity (Wildman–Crippen MR) is 107 cm³/mol. The standard InChI is InChI=1S/2C9H20OS/c1-8(2)7-11-6-5-10-9(3)4;1-8(2)7-10-5-6-11-9(3)4/h2*8-9H,5-7H2,1-4H3. The molecule has 0 N–H and O–H groups in total. The first kappa shape index (κ1) is 24.9. The van der Waals surface area contributed by atoms with Gasteiger partial charge in [0.15, 0.2) is 0 Å². The van der Waals surface area contributed by atoms with Gasteiger partial charge in [-0.1, -0.05) is 41.5 Å². The van der Waals surface area contributed by atoms with Crippen LogP contribution in [0.3, 0.4) is 0 Å². The lowest BCUT2D eigenvalue weighted by molar-refractivity contribution is 0.0920. The number of ether oxygens (including phenoxy) is 2. The molecular formula is C18H40O2S2. The van der Waals surface area contributed by atoms with Crippen LogP contribution in [0, 0.1) is 11.8 Å². The summed E-state index contributed by atoms with van der Waals surface area (Å²) in [5.74, 6) is 4.99. The van der Waals surface area contributed by atoms with Gasteiger partial charge in [-0.3, -0.25) is 0 Å². The smallest absolute Gasteiger partial charge is 0.0560 e. The van der Waals surface area contributed by atoms with Crippen LogP contribution >= 0.6 is 23.5 Å². The fourth-order valence-corrected chi connectivity index (χ4v) is 2.86. The molecule has 0 rings (SSSR count). The SMILES string of the molecule is CC(C)COCCSC(C)C.CC(C)CSCCOC(C)C. The summed E-state index contributed by atoms with van der Waals surface area (Å²) in [7, 11) is 0. The van der Waals surface area contributed by atoms with Gasteiger partial charge in [0.05, 0.1) is 19.3 Å². The second-order valence-electron chi connectivity index (χ2n) is 6.78. The highest BCUT2D eigenvalue weighted by molar-refractivity contribution is 7.99. The largest absolute Gasteiger partial charge is 0.380 e. The van der Waals surface area contributed by atoms with E-state index in [1.54, 1.807) is 0 Å². The molecule has 0 aromatic heterocycles. The molecule has 0 fully saturated rings.